The van der Waals surface area contributed by atoms with E-state index in [-0.39, 0.29) is 0 Å². The first-order valence-electron chi connectivity index (χ1n) is 7.39. The highest BCUT2D eigenvalue weighted by Crippen LogP contribution is 2.48. The van der Waals surface area contributed by atoms with Gasteiger partial charge in [0.2, 0.25) is 0 Å². The van der Waals surface area contributed by atoms with Gasteiger partial charge in [-0.15, -0.1) is 0 Å². The van der Waals surface area contributed by atoms with E-state index in [0.29, 0.717) is 0 Å². The Hall–Kier alpha value is -2.68. The second-order valence-electron chi connectivity index (χ2n) is 5.87. The molecule has 1 aliphatic rings. The van der Waals surface area contributed by atoms with Gasteiger partial charge in [-0.1, -0.05) is 24.3 Å². The number of ether oxygens (including phenoxy) is 1. The van der Waals surface area contributed by atoms with Gasteiger partial charge >= 0.3 is 0 Å². The van der Waals surface area contributed by atoms with Crippen LogP contribution in [0.1, 0.15) is 0 Å². The van der Waals surface area contributed by atoms with Gasteiger partial charge in [-0.2, -0.15) is 0 Å². The zero-order chi connectivity index (χ0) is 15.3. The van der Waals surface area contributed by atoms with Crippen molar-refractivity contribution in [1.29, 1.82) is 0 Å². The second kappa shape index (κ2) is 4.67. The van der Waals surface area contributed by atoms with E-state index in [0.717, 1.165) is 28.6 Å². The summed E-state index contributed by atoms with van der Waals surface area (Å²) in [5.41, 5.74) is 3.33. The van der Waals surface area contributed by atoms with Gasteiger partial charge < -0.3 is 14.5 Å². The second-order valence-corrected chi connectivity index (χ2v) is 5.87. The van der Waals surface area contributed by atoms with E-state index in [1.807, 2.05) is 14.1 Å². The monoisotopic (exact) mass is 290 g/mol. The summed E-state index contributed by atoms with van der Waals surface area (Å²) in [5, 5.41) is 2.42. The van der Waals surface area contributed by atoms with Crippen LogP contribution in [0.25, 0.3) is 10.8 Å². The smallest absolute Gasteiger partial charge is 0.153 e. The van der Waals surface area contributed by atoms with Gasteiger partial charge in [0, 0.05) is 32.9 Å². The van der Waals surface area contributed by atoms with Gasteiger partial charge in [-0.3, -0.25) is 0 Å². The Morgan fingerprint density at radius 2 is 1.50 bits per heavy atom. The van der Waals surface area contributed by atoms with Gasteiger partial charge in [0.25, 0.3) is 0 Å². The van der Waals surface area contributed by atoms with Crippen LogP contribution in [0, 0.1) is 0 Å². The van der Waals surface area contributed by atoms with E-state index in [4.69, 9.17) is 4.74 Å². The standard InChI is InChI=1S/C19H18N2O/c1-20(2)15-8-9-16-19(12-15)22-18-11-14-7-5-4-6-13(14)10-17(18)21(16)3/h4-12H,1-3H3. The minimum atomic E-state index is 0.900. The largest absolute Gasteiger partial charge is 0.453 e. The molecule has 0 saturated carbocycles. The predicted octanol–water partition coefficient (Wildman–Crippen LogP) is 4.78. The van der Waals surface area contributed by atoms with Crippen molar-refractivity contribution in [2.24, 2.45) is 0 Å². The number of hydrogen-bond acceptors (Lipinski definition) is 3. The topological polar surface area (TPSA) is 15.7 Å². The van der Waals surface area contributed by atoms with Crippen molar-refractivity contribution < 1.29 is 4.74 Å². The van der Waals surface area contributed by atoms with E-state index in [1.54, 1.807) is 0 Å². The number of nitrogens with zero attached hydrogens (tertiary/aromatic N) is 2. The molecule has 3 aromatic rings. The maximum atomic E-state index is 6.18. The number of anilines is 3. The van der Waals surface area contributed by atoms with Crippen molar-refractivity contribution in [3.8, 4) is 11.5 Å². The molecule has 3 nitrogen and oxygen atoms in total. The Labute approximate surface area is 130 Å². The van der Waals surface area contributed by atoms with Crippen molar-refractivity contribution in [3.63, 3.8) is 0 Å². The van der Waals surface area contributed by atoms with E-state index < -0.39 is 0 Å². The van der Waals surface area contributed by atoms with Crippen LogP contribution in [-0.2, 0) is 0 Å². The van der Waals surface area contributed by atoms with Crippen molar-refractivity contribution in [3.05, 3.63) is 54.6 Å². The third-order valence-corrected chi connectivity index (χ3v) is 4.23. The molecule has 4 rings (SSSR count). The molecule has 0 atom stereocenters. The fraction of sp³-hybridized carbons (Fsp3) is 0.158. The summed E-state index contributed by atoms with van der Waals surface area (Å²) < 4.78 is 6.18. The Morgan fingerprint density at radius 3 is 2.23 bits per heavy atom. The van der Waals surface area contributed by atoms with Crippen LogP contribution in [0.2, 0.25) is 0 Å². The number of rotatable bonds is 1. The normalized spacial score (nSPS) is 12.6. The van der Waals surface area contributed by atoms with Gasteiger partial charge in [-0.05, 0) is 35.0 Å². The molecule has 110 valence electrons. The van der Waals surface area contributed by atoms with E-state index in [2.05, 4.69) is 71.4 Å². The quantitative estimate of drug-likeness (QED) is 0.641. The lowest BCUT2D eigenvalue weighted by molar-refractivity contribution is 0.476. The molecule has 0 unspecified atom stereocenters. The zero-order valence-corrected chi connectivity index (χ0v) is 13.0. The van der Waals surface area contributed by atoms with Crippen molar-refractivity contribution in [1.82, 2.24) is 0 Å². The Balaban J connectivity index is 1.88. The van der Waals surface area contributed by atoms with Crippen LogP contribution in [0.4, 0.5) is 17.1 Å². The molecule has 1 heterocycles. The summed E-state index contributed by atoms with van der Waals surface area (Å²) in [4.78, 5) is 4.28. The molecule has 0 fully saturated rings. The van der Waals surface area contributed by atoms with Crippen LogP contribution >= 0.6 is 0 Å². The first-order valence-corrected chi connectivity index (χ1v) is 7.39. The molecule has 0 saturated heterocycles. The Bertz CT molecular complexity index is 870. The molecule has 0 bridgehead atoms. The van der Waals surface area contributed by atoms with Crippen molar-refractivity contribution in [2.75, 3.05) is 30.9 Å². The molecule has 0 spiro atoms. The molecule has 0 radical (unpaired) electrons. The van der Waals surface area contributed by atoms with Crippen LogP contribution in [-0.4, -0.2) is 21.1 Å². The summed E-state index contributed by atoms with van der Waals surface area (Å²) in [5.74, 6) is 1.81. The lowest BCUT2D eigenvalue weighted by Gasteiger charge is -2.31. The predicted molar refractivity (Wildman–Crippen MR) is 92.9 cm³/mol. The van der Waals surface area contributed by atoms with E-state index >= 15 is 0 Å². The first-order chi connectivity index (χ1) is 10.6. The molecule has 3 heteroatoms. The molecule has 0 aliphatic carbocycles. The fourth-order valence-corrected chi connectivity index (χ4v) is 2.94. The van der Waals surface area contributed by atoms with E-state index in [9.17, 15) is 0 Å². The summed E-state index contributed by atoms with van der Waals surface area (Å²) in [6, 6.07) is 19.0. The lowest BCUT2D eigenvalue weighted by Crippen LogP contribution is -2.16. The summed E-state index contributed by atoms with van der Waals surface area (Å²) in [6.07, 6.45) is 0. The zero-order valence-electron chi connectivity index (χ0n) is 13.0. The van der Waals surface area contributed by atoms with Gasteiger partial charge in [0.15, 0.2) is 11.5 Å². The van der Waals surface area contributed by atoms with Crippen LogP contribution in [0.15, 0.2) is 54.6 Å². The summed E-state index contributed by atoms with van der Waals surface area (Å²) in [6.45, 7) is 0. The van der Waals surface area contributed by atoms with Gasteiger partial charge in [0.1, 0.15) is 0 Å². The molecule has 0 amide bonds. The highest BCUT2D eigenvalue weighted by atomic mass is 16.5. The minimum absolute atomic E-state index is 0.900. The number of benzene rings is 3. The first kappa shape index (κ1) is 13.0. The Kier molecular flexibility index (Phi) is 2.76. The molecular formula is C19H18N2O. The van der Waals surface area contributed by atoms with Crippen molar-refractivity contribution in [2.45, 2.75) is 0 Å². The SMILES string of the molecule is CN(C)c1ccc2c(c1)Oc1cc3ccccc3cc1N2C. The van der Waals surface area contributed by atoms with Crippen LogP contribution < -0.4 is 14.5 Å². The highest BCUT2D eigenvalue weighted by Gasteiger charge is 2.22. The maximum Gasteiger partial charge on any atom is 0.153 e. The number of hydrogen-bond donors (Lipinski definition) is 0. The molecule has 0 aromatic heterocycles. The molecular weight excluding hydrogens is 272 g/mol. The number of fused-ring (bicyclic) bond motifs is 3. The van der Waals surface area contributed by atoms with Gasteiger partial charge in [0.05, 0.1) is 11.4 Å². The average molecular weight is 290 g/mol. The van der Waals surface area contributed by atoms with Crippen molar-refractivity contribution >= 4 is 27.8 Å². The average Bonchev–Trinajstić information content (AvgIpc) is 2.53. The molecule has 22 heavy (non-hydrogen) atoms. The van der Waals surface area contributed by atoms with E-state index in [1.165, 1.54) is 10.8 Å². The van der Waals surface area contributed by atoms with Gasteiger partial charge in [-0.25, -0.2) is 0 Å². The molecule has 1 aliphatic heterocycles. The minimum Gasteiger partial charge on any atom is -0.453 e. The third-order valence-electron chi connectivity index (χ3n) is 4.23. The fourth-order valence-electron chi connectivity index (χ4n) is 2.94. The summed E-state index contributed by atoms with van der Waals surface area (Å²) >= 11 is 0. The maximum absolute atomic E-state index is 6.18. The molecule has 3 aromatic carbocycles. The Morgan fingerprint density at radius 1 is 0.818 bits per heavy atom. The highest BCUT2D eigenvalue weighted by molar-refractivity contribution is 5.92. The van der Waals surface area contributed by atoms with Crippen LogP contribution in [0.5, 0.6) is 11.5 Å². The molecule has 0 N–H and O–H groups in total. The lowest BCUT2D eigenvalue weighted by atomic mass is 10.1. The summed E-state index contributed by atoms with van der Waals surface area (Å²) in [7, 11) is 6.16. The van der Waals surface area contributed by atoms with Crippen LogP contribution in [0.3, 0.4) is 0 Å². The third kappa shape index (κ3) is 1.90.